The molecule has 0 aromatic carbocycles. The normalized spacial score (nSPS) is 16.5. The summed E-state index contributed by atoms with van der Waals surface area (Å²) in [6.07, 6.45) is 3.40. The Morgan fingerprint density at radius 1 is 1.38 bits per heavy atom. The van der Waals surface area contributed by atoms with Gasteiger partial charge in [0.25, 0.3) is 0 Å². The van der Waals surface area contributed by atoms with Gasteiger partial charge in [0.15, 0.2) is 11.6 Å². The highest BCUT2D eigenvalue weighted by Crippen LogP contribution is 2.16. The zero-order chi connectivity index (χ0) is 9.26. The molecule has 0 saturated carbocycles. The molecule has 5 heteroatoms. The molecule has 2 rings (SSSR count). The van der Waals surface area contributed by atoms with Crippen molar-refractivity contribution in [2.24, 2.45) is 0 Å². The molecule has 0 radical (unpaired) electrons. The Morgan fingerprint density at radius 2 is 2.08 bits per heavy atom. The van der Waals surface area contributed by atoms with E-state index in [2.05, 4.69) is 9.97 Å². The maximum absolute atomic E-state index is 12.7. The van der Waals surface area contributed by atoms with Crippen LogP contribution in [0.1, 0.15) is 12.8 Å². The Balaban J connectivity index is 2.25. The Bertz CT molecular complexity index is 309. The lowest BCUT2D eigenvalue weighted by atomic mass is 10.4. The third-order valence-electron chi connectivity index (χ3n) is 2.15. The number of halogens is 1. The van der Waals surface area contributed by atoms with Gasteiger partial charge in [-0.05, 0) is 12.8 Å². The summed E-state index contributed by atoms with van der Waals surface area (Å²) in [5.74, 6) is -0.0868. The van der Waals surface area contributed by atoms with Gasteiger partial charge in [-0.1, -0.05) is 0 Å². The molecule has 70 valence electrons. The molecule has 0 unspecified atom stereocenters. The fourth-order valence-corrected chi connectivity index (χ4v) is 1.44. The topological polar surface area (TPSA) is 55.0 Å². The first-order valence-corrected chi connectivity index (χ1v) is 4.30. The van der Waals surface area contributed by atoms with Gasteiger partial charge in [-0.3, -0.25) is 0 Å². The van der Waals surface area contributed by atoms with E-state index in [4.69, 9.17) is 5.73 Å². The Kier molecular flexibility index (Phi) is 2.00. The number of aromatic nitrogens is 2. The number of hydrogen-bond donors (Lipinski definition) is 1. The van der Waals surface area contributed by atoms with E-state index < -0.39 is 5.82 Å². The summed E-state index contributed by atoms with van der Waals surface area (Å²) >= 11 is 0. The van der Waals surface area contributed by atoms with Crippen molar-refractivity contribution in [3.63, 3.8) is 0 Å². The molecule has 1 aliphatic rings. The van der Waals surface area contributed by atoms with Crippen molar-refractivity contribution in [3.8, 4) is 0 Å². The highest BCUT2D eigenvalue weighted by molar-refractivity contribution is 5.39. The number of nitrogens with zero attached hydrogens (tertiary/aromatic N) is 3. The number of hydrogen-bond acceptors (Lipinski definition) is 4. The molecule has 0 aliphatic carbocycles. The molecule has 1 fully saturated rings. The van der Waals surface area contributed by atoms with Crippen LogP contribution in [-0.2, 0) is 0 Å². The second-order valence-electron chi connectivity index (χ2n) is 3.10. The Morgan fingerprint density at radius 3 is 2.69 bits per heavy atom. The van der Waals surface area contributed by atoms with Gasteiger partial charge in [-0.25, -0.2) is 9.37 Å². The highest BCUT2D eigenvalue weighted by Gasteiger charge is 2.15. The minimum absolute atomic E-state index is 0.0723. The average molecular weight is 182 g/mol. The van der Waals surface area contributed by atoms with Gasteiger partial charge in [0, 0.05) is 13.1 Å². The maximum Gasteiger partial charge on any atom is 0.227 e. The predicted octanol–water partition coefficient (Wildman–Crippen LogP) is 0.798. The first kappa shape index (κ1) is 8.22. The van der Waals surface area contributed by atoms with Crippen LogP contribution in [0.2, 0.25) is 0 Å². The molecule has 1 saturated heterocycles. The Labute approximate surface area is 75.6 Å². The van der Waals surface area contributed by atoms with Gasteiger partial charge < -0.3 is 10.6 Å². The van der Waals surface area contributed by atoms with Crippen molar-refractivity contribution in [2.75, 3.05) is 23.7 Å². The molecule has 0 atom stereocenters. The minimum atomic E-state index is -0.553. The van der Waals surface area contributed by atoms with E-state index in [0.29, 0.717) is 5.95 Å². The van der Waals surface area contributed by atoms with E-state index in [0.717, 1.165) is 32.1 Å². The van der Waals surface area contributed by atoms with Crippen LogP contribution < -0.4 is 10.6 Å². The van der Waals surface area contributed by atoms with Crippen LogP contribution in [0.4, 0.5) is 16.2 Å². The van der Waals surface area contributed by atoms with Gasteiger partial charge in [0.2, 0.25) is 5.95 Å². The van der Waals surface area contributed by atoms with Gasteiger partial charge in [-0.2, -0.15) is 4.98 Å². The lowest BCUT2D eigenvalue weighted by Gasteiger charge is -2.14. The molecule has 0 bridgehead atoms. The maximum atomic E-state index is 12.7. The summed E-state index contributed by atoms with van der Waals surface area (Å²) in [4.78, 5) is 9.76. The zero-order valence-electron chi connectivity index (χ0n) is 7.20. The number of nitrogens with two attached hydrogens (primary N) is 1. The fraction of sp³-hybridized carbons (Fsp3) is 0.500. The van der Waals surface area contributed by atoms with E-state index in [9.17, 15) is 4.39 Å². The van der Waals surface area contributed by atoms with Crippen LogP contribution in [0.3, 0.4) is 0 Å². The Hall–Kier alpha value is -1.39. The van der Waals surface area contributed by atoms with E-state index in [-0.39, 0.29) is 5.82 Å². The number of nitrogen functional groups attached to an aromatic ring is 1. The van der Waals surface area contributed by atoms with Crippen LogP contribution in [0, 0.1) is 5.82 Å². The largest absolute Gasteiger partial charge is 0.381 e. The van der Waals surface area contributed by atoms with Crippen LogP contribution in [-0.4, -0.2) is 23.1 Å². The summed E-state index contributed by atoms with van der Waals surface area (Å²) < 4.78 is 12.7. The van der Waals surface area contributed by atoms with E-state index >= 15 is 0 Å². The van der Waals surface area contributed by atoms with Gasteiger partial charge >= 0.3 is 0 Å². The smallest absolute Gasteiger partial charge is 0.227 e. The SMILES string of the molecule is Nc1nc(N2CCCC2)ncc1F. The van der Waals surface area contributed by atoms with Gasteiger partial charge in [-0.15, -0.1) is 0 Å². The molecule has 13 heavy (non-hydrogen) atoms. The molecule has 0 amide bonds. The first-order chi connectivity index (χ1) is 6.27. The van der Waals surface area contributed by atoms with Crippen molar-refractivity contribution in [1.82, 2.24) is 9.97 Å². The third-order valence-corrected chi connectivity index (χ3v) is 2.15. The molecule has 1 aromatic heterocycles. The summed E-state index contributed by atoms with van der Waals surface area (Å²) in [6, 6.07) is 0. The van der Waals surface area contributed by atoms with Crippen LogP contribution in [0.15, 0.2) is 6.20 Å². The second kappa shape index (κ2) is 3.16. The van der Waals surface area contributed by atoms with Crippen LogP contribution >= 0.6 is 0 Å². The molecule has 1 aliphatic heterocycles. The van der Waals surface area contributed by atoms with Gasteiger partial charge in [0.05, 0.1) is 6.20 Å². The molecule has 2 heterocycles. The van der Waals surface area contributed by atoms with Crippen LogP contribution in [0.25, 0.3) is 0 Å². The first-order valence-electron chi connectivity index (χ1n) is 4.30. The summed E-state index contributed by atoms with van der Waals surface area (Å²) in [5.41, 5.74) is 5.34. The van der Waals surface area contributed by atoms with E-state index in [1.807, 2.05) is 4.90 Å². The molecule has 1 aromatic rings. The van der Waals surface area contributed by atoms with Crippen molar-refractivity contribution in [1.29, 1.82) is 0 Å². The second-order valence-corrected chi connectivity index (χ2v) is 3.10. The third kappa shape index (κ3) is 1.54. The molecule has 0 spiro atoms. The summed E-state index contributed by atoms with van der Waals surface area (Å²) in [6.45, 7) is 1.87. The van der Waals surface area contributed by atoms with Gasteiger partial charge in [0.1, 0.15) is 0 Å². The van der Waals surface area contributed by atoms with E-state index in [1.54, 1.807) is 0 Å². The summed E-state index contributed by atoms with van der Waals surface area (Å²) in [5, 5.41) is 0. The monoisotopic (exact) mass is 182 g/mol. The molecular formula is C8H11FN4. The number of anilines is 2. The lowest BCUT2D eigenvalue weighted by Crippen LogP contribution is -2.21. The minimum Gasteiger partial charge on any atom is -0.381 e. The van der Waals surface area contributed by atoms with Crippen molar-refractivity contribution < 1.29 is 4.39 Å². The average Bonchev–Trinajstić information content (AvgIpc) is 2.62. The number of rotatable bonds is 1. The van der Waals surface area contributed by atoms with Crippen molar-refractivity contribution >= 4 is 11.8 Å². The van der Waals surface area contributed by atoms with Crippen LogP contribution in [0.5, 0.6) is 0 Å². The summed E-state index contributed by atoms with van der Waals surface area (Å²) in [7, 11) is 0. The standard InChI is InChI=1S/C8H11FN4/c9-6-5-11-8(12-7(6)10)13-3-1-2-4-13/h5H,1-4H2,(H2,10,11,12). The zero-order valence-corrected chi connectivity index (χ0v) is 7.20. The molecule has 2 N–H and O–H groups in total. The lowest BCUT2D eigenvalue weighted by molar-refractivity contribution is 0.618. The van der Waals surface area contributed by atoms with E-state index in [1.165, 1.54) is 0 Å². The van der Waals surface area contributed by atoms with Crippen molar-refractivity contribution in [2.45, 2.75) is 12.8 Å². The molecular weight excluding hydrogens is 171 g/mol. The fourth-order valence-electron chi connectivity index (χ4n) is 1.44. The quantitative estimate of drug-likeness (QED) is 0.698. The molecule has 4 nitrogen and oxygen atoms in total. The predicted molar refractivity (Wildman–Crippen MR) is 47.8 cm³/mol. The van der Waals surface area contributed by atoms with Crippen molar-refractivity contribution in [3.05, 3.63) is 12.0 Å². The highest BCUT2D eigenvalue weighted by atomic mass is 19.1.